The lowest BCUT2D eigenvalue weighted by Gasteiger charge is -2.14. The summed E-state index contributed by atoms with van der Waals surface area (Å²) in [5.41, 5.74) is 0.382. The largest absolute Gasteiger partial charge is 0.396 e. The molecule has 0 spiro atoms. The smallest absolute Gasteiger partial charge is 0.254 e. The predicted molar refractivity (Wildman–Crippen MR) is 67.1 cm³/mol. The first-order valence-electron chi connectivity index (χ1n) is 5.68. The van der Waals surface area contributed by atoms with Crippen molar-refractivity contribution in [2.45, 2.75) is 19.8 Å². The summed E-state index contributed by atoms with van der Waals surface area (Å²) >= 11 is 5.82. The van der Waals surface area contributed by atoms with Gasteiger partial charge in [0, 0.05) is 19.3 Å². The monoisotopic (exact) mass is 256 g/mol. The topological polar surface area (TPSA) is 62.2 Å². The van der Waals surface area contributed by atoms with Crippen molar-refractivity contribution in [3.05, 3.63) is 29.0 Å². The fourth-order valence-corrected chi connectivity index (χ4v) is 1.73. The van der Waals surface area contributed by atoms with Crippen molar-refractivity contribution in [3.63, 3.8) is 0 Å². The van der Waals surface area contributed by atoms with Crippen LogP contribution in [0.3, 0.4) is 0 Å². The molecule has 0 aliphatic carbocycles. The van der Waals surface area contributed by atoms with Crippen LogP contribution in [0.1, 0.15) is 30.1 Å². The Labute approximate surface area is 106 Å². The Hall–Kier alpha value is -1.13. The first-order chi connectivity index (χ1) is 8.19. The Kier molecular flexibility index (Phi) is 5.94. The van der Waals surface area contributed by atoms with E-state index in [4.69, 9.17) is 16.7 Å². The van der Waals surface area contributed by atoms with Gasteiger partial charge in [0.2, 0.25) is 0 Å². The van der Waals surface area contributed by atoms with E-state index in [1.807, 2.05) is 6.92 Å². The van der Waals surface area contributed by atoms with Crippen LogP contribution in [0.4, 0.5) is 0 Å². The second-order valence-electron chi connectivity index (χ2n) is 3.84. The van der Waals surface area contributed by atoms with Gasteiger partial charge in [-0.1, -0.05) is 24.9 Å². The van der Waals surface area contributed by atoms with Gasteiger partial charge < -0.3 is 10.4 Å². The molecule has 0 fully saturated rings. The highest BCUT2D eigenvalue weighted by Crippen LogP contribution is 2.12. The third-order valence-electron chi connectivity index (χ3n) is 2.67. The first kappa shape index (κ1) is 13.9. The molecule has 1 unspecified atom stereocenters. The van der Waals surface area contributed by atoms with Crippen molar-refractivity contribution in [2.75, 3.05) is 13.2 Å². The van der Waals surface area contributed by atoms with Crippen molar-refractivity contribution in [1.82, 2.24) is 10.3 Å². The van der Waals surface area contributed by atoms with Crippen LogP contribution in [0.25, 0.3) is 0 Å². The number of hydrogen-bond acceptors (Lipinski definition) is 3. The van der Waals surface area contributed by atoms with E-state index in [1.54, 1.807) is 18.3 Å². The first-order valence-corrected chi connectivity index (χ1v) is 6.06. The Morgan fingerprint density at radius 2 is 2.41 bits per heavy atom. The van der Waals surface area contributed by atoms with Crippen LogP contribution in [0.5, 0.6) is 0 Å². The fraction of sp³-hybridized carbons (Fsp3) is 0.500. The Bertz CT molecular complexity index is 371. The van der Waals surface area contributed by atoms with E-state index in [2.05, 4.69) is 10.3 Å². The maximum atomic E-state index is 11.8. The summed E-state index contributed by atoms with van der Waals surface area (Å²) in [5, 5.41) is 11.9. The highest BCUT2D eigenvalue weighted by atomic mass is 35.5. The van der Waals surface area contributed by atoms with E-state index in [0.717, 1.165) is 6.42 Å². The van der Waals surface area contributed by atoms with Gasteiger partial charge in [0.1, 0.15) is 5.15 Å². The van der Waals surface area contributed by atoms with Crippen LogP contribution >= 0.6 is 11.6 Å². The van der Waals surface area contributed by atoms with E-state index in [-0.39, 0.29) is 17.7 Å². The Balaban J connectivity index is 2.52. The number of carbonyl (C=O) groups is 1. The fourth-order valence-electron chi connectivity index (χ4n) is 1.52. The molecule has 1 heterocycles. The molecule has 0 aromatic carbocycles. The summed E-state index contributed by atoms with van der Waals surface area (Å²) in [6, 6.07) is 3.31. The quantitative estimate of drug-likeness (QED) is 0.764. The van der Waals surface area contributed by atoms with Gasteiger partial charge in [-0.25, -0.2) is 4.98 Å². The molecule has 1 aromatic rings. The van der Waals surface area contributed by atoms with E-state index < -0.39 is 0 Å². The van der Waals surface area contributed by atoms with Gasteiger partial charge in [0.25, 0.3) is 5.91 Å². The van der Waals surface area contributed by atoms with Gasteiger partial charge in [0.15, 0.2) is 0 Å². The third-order valence-corrected chi connectivity index (χ3v) is 2.97. The molecule has 94 valence electrons. The molecule has 0 aliphatic rings. The van der Waals surface area contributed by atoms with Crippen LogP contribution in [-0.4, -0.2) is 29.1 Å². The normalized spacial score (nSPS) is 12.2. The molecule has 0 aliphatic heterocycles. The van der Waals surface area contributed by atoms with Gasteiger partial charge in [-0.3, -0.25) is 4.79 Å². The number of aliphatic hydroxyl groups excluding tert-OH is 1. The average molecular weight is 257 g/mol. The van der Waals surface area contributed by atoms with E-state index in [1.165, 1.54) is 0 Å². The third kappa shape index (κ3) is 4.32. The van der Waals surface area contributed by atoms with Gasteiger partial charge >= 0.3 is 0 Å². The van der Waals surface area contributed by atoms with E-state index in [9.17, 15) is 4.79 Å². The Morgan fingerprint density at radius 1 is 1.65 bits per heavy atom. The molecule has 1 atom stereocenters. The van der Waals surface area contributed by atoms with Crippen molar-refractivity contribution >= 4 is 17.5 Å². The van der Waals surface area contributed by atoms with Crippen molar-refractivity contribution in [3.8, 4) is 0 Å². The molecule has 17 heavy (non-hydrogen) atoms. The van der Waals surface area contributed by atoms with E-state index >= 15 is 0 Å². The lowest BCUT2D eigenvalue weighted by Crippen LogP contribution is -2.29. The minimum absolute atomic E-state index is 0.141. The van der Waals surface area contributed by atoms with Crippen LogP contribution in [0.15, 0.2) is 18.3 Å². The molecule has 0 bridgehead atoms. The highest BCUT2D eigenvalue weighted by molar-refractivity contribution is 6.32. The predicted octanol–water partition coefficient (Wildman–Crippen LogP) is 1.87. The molecular formula is C12H17ClN2O2. The van der Waals surface area contributed by atoms with Crippen molar-refractivity contribution in [2.24, 2.45) is 5.92 Å². The molecule has 1 aromatic heterocycles. The number of hydrogen-bond donors (Lipinski definition) is 2. The van der Waals surface area contributed by atoms with Crippen LogP contribution < -0.4 is 5.32 Å². The second-order valence-corrected chi connectivity index (χ2v) is 4.20. The summed E-state index contributed by atoms with van der Waals surface area (Å²) < 4.78 is 0. The molecule has 1 rings (SSSR count). The van der Waals surface area contributed by atoms with Crippen molar-refractivity contribution < 1.29 is 9.90 Å². The van der Waals surface area contributed by atoms with Crippen LogP contribution in [-0.2, 0) is 0 Å². The lowest BCUT2D eigenvalue weighted by molar-refractivity contribution is 0.0943. The number of aliphatic hydroxyl groups is 1. The minimum Gasteiger partial charge on any atom is -0.396 e. The molecule has 0 saturated carbocycles. The SMILES string of the molecule is CCC(CCO)CNC(=O)c1cccnc1Cl. The number of aromatic nitrogens is 1. The summed E-state index contributed by atoms with van der Waals surface area (Å²) in [7, 11) is 0. The highest BCUT2D eigenvalue weighted by Gasteiger charge is 2.12. The lowest BCUT2D eigenvalue weighted by atomic mass is 10.0. The Morgan fingerprint density at radius 3 is 3.00 bits per heavy atom. The number of nitrogens with zero attached hydrogens (tertiary/aromatic N) is 1. The summed E-state index contributed by atoms with van der Waals surface area (Å²) in [6.07, 6.45) is 3.15. The number of rotatable bonds is 6. The molecule has 4 nitrogen and oxygen atoms in total. The van der Waals surface area contributed by atoms with E-state index in [0.29, 0.717) is 24.4 Å². The van der Waals surface area contributed by atoms with Gasteiger partial charge in [-0.15, -0.1) is 0 Å². The molecule has 2 N–H and O–H groups in total. The standard InChI is InChI=1S/C12H17ClN2O2/c1-2-9(5-7-16)8-15-12(17)10-4-3-6-14-11(10)13/h3-4,6,9,16H,2,5,7-8H2,1H3,(H,15,17). The molecule has 0 radical (unpaired) electrons. The van der Waals surface area contributed by atoms with Gasteiger partial charge in [-0.05, 0) is 24.5 Å². The molecule has 1 amide bonds. The van der Waals surface area contributed by atoms with Crippen molar-refractivity contribution in [1.29, 1.82) is 0 Å². The molecule has 0 saturated heterocycles. The average Bonchev–Trinajstić information content (AvgIpc) is 2.34. The number of carbonyl (C=O) groups excluding carboxylic acids is 1. The van der Waals surface area contributed by atoms with Gasteiger partial charge in [-0.2, -0.15) is 0 Å². The van der Waals surface area contributed by atoms with Crippen LogP contribution in [0.2, 0.25) is 5.15 Å². The maximum Gasteiger partial charge on any atom is 0.254 e. The number of pyridine rings is 1. The molecular weight excluding hydrogens is 240 g/mol. The van der Waals surface area contributed by atoms with Crippen LogP contribution in [0, 0.1) is 5.92 Å². The summed E-state index contributed by atoms with van der Waals surface area (Å²) in [6.45, 7) is 2.71. The zero-order valence-electron chi connectivity index (χ0n) is 9.82. The van der Waals surface area contributed by atoms with Gasteiger partial charge in [0.05, 0.1) is 5.56 Å². The number of nitrogens with one attached hydrogen (secondary N) is 1. The number of amides is 1. The number of halogens is 1. The zero-order chi connectivity index (χ0) is 12.7. The second kappa shape index (κ2) is 7.25. The maximum absolute atomic E-state index is 11.8. The summed E-state index contributed by atoms with van der Waals surface area (Å²) in [4.78, 5) is 15.6. The molecule has 5 heteroatoms. The minimum atomic E-state index is -0.223. The summed E-state index contributed by atoms with van der Waals surface area (Å²) in [5.74, 6) is 0.0684. The zero-order valence-corrected chi connectivity index (χ0v) is 10.6.